The van der Waals surface area contributed by atoms with E-state index >= 15 is 0 Å². The van der Waals surface area contributed by atoms with Gasteiger partial charge in [0.1, 0.15) is 0 Å². The summed E-state index contributed by atoms with van der Waals surface area (Å²) in [4.78, 5) is 0. The first-order valence-corrected chi connectivity index (χ1v) is 6.01. The molecule has 1 aromatic carbocycles. The van der Waals surface area contributed by atoms with Crippen molar-refractivity contribution < 1.29 is 0 Å². The number of fused-ring (bicyclic) bond motifs is 1. The molecule has 1 aromatic rings. The van der Waals surface area contributed by atoms with Crippen LogP contribution in [0.2, 0.25) is 0 Å². The van der Waals surface area contributed by atoms with Crippen LogP contribution in [0.15, 0.2) is 18.2 Å². The fourth-order valence-electron chi connectivity index (χ4n) is 2.13. The number of rotatable bonds is 3. The molecule has 0 bridgehead atoms. The Morgan fingerprint density at radius 2 is 1.93 bits per heavy atom. The van der Waals surface area contributed by atoms with Gasteiger partial charge in [0.25, 0.3) is 0 Å². The zero-order valence-corrected chi connectivity index (χ0v) is 10.1. The molecule has 0 amide bonds. The van der Waals surface area contributed by atoms with Crippen LogP contribution in [0.1, 0.15) is 44.7 Å². The monoisotopic (exact) mass is 203 g/mol. The molecule has 0 saturated carbocycles. The lowest BCUT2D eigenvalue weighted by Crippen LogP contribution is -2.29. The van der Waals surface area contributed by atoms with Crippen molar-refractivity contribution >= 4 is 5.69 Å². The number of benzene rings is 1. The molecule has 1 nitrogen and oxygen atoms in total. The molecule has 0 radical (unpaired) electrons. The Labute approximate surface area is 92.9 Å². The van der Waals surface area contributed by atoms with Gasteiger partial charge in [-0.2, -0.15) is 0 Å². The van der Waals surface area contributed by atoms with Crippen molar-refractivity contribution in [1.29, 1.82) is 0 Å². The minimum absolute atomic E-state index is 0.201. The van der Waals surface area contributed by atoms with E-state index < -0.39 is 0 Å². The lowest BCUT2D eigenvalue weighted by Gasteiger charge is -2.26. The Morgan fingerprint density at radius 1 is 1.20 bits per heavy atom. The van der Waals surface area contributed by atoms with Crippen molar-refractivity contribution in [2.75, 3.05) is 5.32 Å². The van der Waals surface area contributed by atoms with E-state index in [2.05, 4.69) is 44.3 Å². The molecule has 15 heavy (non-hydrogen) atoms. The second-order valence-electron chi connectivity index (χ2n) is 5.20. The van der Waals surface area contributed by atoms with Gasteiger partial charge in [0.05, 0.1) is 0 Å². The third-order valence-corrected chi connectivity index (χ3v) is 3.47. The van der Waals surface area contributed by atoms with Crippen LogP contribution in [-0.4, -0.2) is 5.54 Å². The molecule has 0 fully saturated rings. The van der Waals surface area contributed by atoms with Gasteiger partial charge >= 0.3 is 0 Å². The van der Waals surface area contributed by atoms with Gasteiger partial charge in [-0.25, -0.2) is 0 Å². The quantitative estimate of drug-likeness (QED) is 0.788. The molecule has 1 N–H and O–H groups in total. The highest BCUT2D eigenvalue weighted by atomic mass is 15.0. The van der Waals surface area contributed by atoms with Crippen LogP contribution in [0.25, 0.3) is 0 Å². The maximum atomic E-state index is 3.60. The summed E-state index contributed by atoms with van der Waals surface area (Å²) in [5, 5.41) is 3.60. The van der Waals surface area contributed by atoms with E-state index in [1.807, 2.05) is 0 Å². The topological polar surface area (TPSA) is 12.0 Å². The molecule has 1 aliphatic rings. The summed E-state index contributed by atoms with van der Waals surface area (Å²) in [6.45, 7) is 6.72. The molecular formula is C14H21N. The predicted octanol–water partition coefficient (Wildman–Crippen LogP) is 3.78. The first-order chi connectivity index (χ1) is 7.11. The number of hydrogen-bond donors (Lipinski definition) is 1. The Balaban J connectivity index is 2.17. The zero-order valence-electron chi connectivity index (χ0n) is 10.1. The molecule has 82 valence electrons. The molecular weight excluding hydrogens is 182 g/mol. The van der Waals surface area contributed by atoms with Gasteiger partial charge in [0.15, 0.2) is 0 Å². The summed E-state index contributed by atoms with van der Waals surface area (Å²) in [5.41, 5.74) is 4.58. The lowest BCUT2D eigenvalue weighted by atomic mass is 10.0. The average Bonchev–Trinajstić information content (AvgIpc) is 2.64. The minimum Gasteiger partial charge on any atom is -0.380 e. The molecule has 0 aliphatic heterocycles. The fraction of sp³-hybridized carbons (Fsp3) is 0.571. The number of anilines is 1. The van der Waals surface area contributed by atoms with Crippen LogP contribution < -0.4 is 5.32 Å². The van der Waals surface area contributed by atoms with Crippen molar-refractivity contribution in [2.45, 2.75) is 52.0 Å². The van der Waals surface area contributed by atoms with Crippen LogP contribution in [-0.2, 0) is 12.8 Å². The highest BCUT2D eigenvalue weighted by molar-refractivity contribution is 5.51. The van der Waals surface area contributed by atoms with Gasteiger partial charge in [-0.1, -0.05) is 13.0 Å². The highest BCUT2D eigenvalue weighted by Gasteiger charge is 2.16. The van der Waals surface area contributed by atoms with Gasteiger partial charge in [-0.15, -0.1) is 0 Å². The SMILES string of the molecule is CCC(C)(C)Nc1ccc2c(c1)CCC2. The van der Waals surface area contributed by atoms with Gasteiger partial charge < -0.3 is 5.32 Å². The summed E-state index contributed by atoms with van der Waals surface area (Å²) in [5.74, 6) is 0. The van der Waals surface area contributed by atoms with Crippen molar-refractivity contribution in [1.82, 2.24) is 0 Å². The normalized spacial score (nSPS) is 15.1. The molecule has 0 spiro atoms. The van der Waals surface area contributed by atoms with E-state index in [0.29, 0.717) is 0 Å². The second-order valence-corrected chi connectivity index (χ2v) is 5.20. The van der Waals surface area contributed by atoms with Crippen molar-refractivity contribution in [2.24, 2.45) is 0 Å². The van der Waals surface area contributed by atoms with Crippen molar-refractivity contribution in [3.05, 3.63) is 29.3 Å². The Bertz CT molecular complexity index is 352. The molecule has 2 rings (SSSR count). The Kier molecular flexibility index (Phi) is 2.72. The molecule has 0 aromatic heterocycles. The smallest absolute Gasteiger partial charge is 0.0347 e. The second kappa shape index (κ2) is 3.88. The van der Waals surface area contributed by atoms with Gasteiger partial charge in [-0.3, -0.25) is 0 Å². The summed E-state index contributed by atoms with van der Waals surface area (Å²) >= 11 is 0. The molecule has 1 heteroatoms. The summed E-state index contributed by atoms with van der Waals surface area (Å²) in [6, 6.07) is 6.84. The zero-order chi connectivity index (χ0) is 10.9. The molecule has 0 unspecified atom stereocenters. The van der Waals surface area contributed by atoms with Crippen LogP contribution in [0.3, 0.4) is 0 Å². The van der Waals surface area contributed by atoms with E-state index in [-0.39, 0.29) is 5.54 Å². The first kappa shape index (κ1) is 10.5. The van der Waals surface area contributed by atoms with E-state index in [0.717, 1.165) is 6.42 Å². The van der Waals surface area contributed by atoms with Gasteiger partial charge in [0, 0.05) is 11.2 Å². The maximum Gasteiger partial charge on any atom is 0.0347 e. The van der Waals surface area contributed by atoms with Gasteiger partial charge in [-0.05, 0) is 62.8 Å². The summed E-state index contributed by atoms with van der Waals surface area (Å²) < 4.78 is 0. The van der Waals surface area contributed by atoms with Crippen molar-refractivity contribution in [3.8, 4) is 0 Å². The first-order valence-electron chi connectivity index (χ1n) is 6.01. The summed E-state index contributed by atoms with van der Waals surface area (Å²) in [7, 11) is 0. The van der Waals surface area contributed by atoms with E-state index in [9.17, 15) is 0 Å². The fourth-order valence-corrected chi connectivity index (χ4v) is 2.13. The minimum atomic E-state index is 0.201. The number of nitrogens with one attached hydrogen (secondary N) is 1. The predicted molar refractivity (Wildman–Crippen MR) is 66.5 cm³/mol. The van der Waals surface area contributed by atoms with E-state index in [1.165, 1.54) is 24.9 Å². The van der Waals surface area contributed by atoms with E-state index in [4.69, 9.17) is 0 Å². The standard InChI is InChI=1S/C14H21N/c1-4-14(2,3)15-13-9-8-11-6-5-7-12(11)10-13/h8-10,15H,4-7H2,1-3H3. The number of aryl methyl sites for hydroxylation is 2. The number of hydrogen-bond acceptors (Lipinski definition) is 1. The third kappa shape index (κ3) is 2.34. The molecule has 0 heterocycles. The highest BCUT2D eigenvalue weighted by Crippen LogP contribution is 2.26. The lowest BCUT2D eigenvalue weighted by molar-refractivity contribution is 0.547. The van der Waals surface area contributed by atoms with E-state index in [1.54, 1.807) is 11.1 Å². The molecule has 0 saturated heterocycles. The average molecular weight is 203 g/mol. The molecule has 0 atom stereocenters. The Hall–Kier alpha value is -0.980. The van der Waals surface area contributed by atoms with Gasteiger partial charge in [0.2, 0.25) is 0 Å². The van der Waals surface area contributed by atoms with Crippen LogP contribution in [0, 0.1) is 0 Å². The van der Waals surface area contributed by atoms with Crippen LogP contribution >= 0.6 is 0 Å². The maximum absolute atomic E-state index is 3.60. The Morgan fingerprint density at radius 3 is 2.67 bits per heavy atom. The summed E-state index contributed by atoms with van der Waals surface area (Å²) in [6.07, 6.45) is 5.00. The largest absolute Gasteiger partial charge is 0.380 e. The van der Waals surface area contributed by atoms with Crippen molar-refractivity contribution in [3.63, 3.8) is 0 Å². The third-order valence-electron chi connectivity index (χ3n) is 3.47. The van der Waals surface area contributed by atoms with Crippen LogP contribution in [0.4, 0.5) is 5.69 Å². The van der Waals surface area contributed by atoms with Crippen LogP contribution in [0.5, 0.6) is 0 Å². The molecule has 1 aliphatic carbocycles.